The second-order valence-electron chi connectivity index (χ2n) is 6.08. The van der Waals surface area contributed by atoms with Crippen LogP contribution in [0.4, 0.5) is 11.4 Å². The summed E-state index contributed by atoms with van der Waals surface area (Å²) in [4.78, 5) is 26.0. The molecule has 2 aromatic rings. The third-order valence-corrected chi connectivity index (χ3v) is 4.31. The molecule has 2 amide bonds. The van der Waals surface area contributed by atoms with Gasteiger partial charge in [0.15, 0.2) is 0 Å². The summed E-state index contributed by atoms with van der Waals surface area (Å²) < 4.78 is 5.31. The van der Waals surface area contributed by atoms with Gasteiger partial charge in [-0.25, -0.2) is 0 Å². The van der Waals surface area contributed by atoms with Crippen molar-refractivity contribution < 1.29 is 14.3 Å². The van der Waals surface area contributed by atoms with E-state index < -0.39 is 0 Å². The average molecular weight is 375 g/mol. The Labute approximate surface area is 158 Å². The van der Waals surface area contributed by atoms with Crippen molar-refractivity contribution in [1.29, 1.82) is 0 Å². The number of hydrogen-bond donors (Lipinski definition) is 1. The Hall–Kier alpha value is -2.53. The number of para-hydroxylation sites is 2. The Bertz CT molecular complexity index is 797. The molecule has 0 bridgehead atoms. The van der Waals surface area contributed by atoms with Crippen LogP contribution in [0.3, 0.4) is 0 Å². The molecule has 0 unspecified atom stereocenters. The zero-order valence-corrected chi connectivity index (χ0v) is 16.2. The second kappa shape index (κ2) is 8.72. The van der Waals surface area contributed by atoms with Crippen molar-refractivity contribution >= 4 is 34.8 Å². The molecule has 0 aliphatic carbocycles. The summed E-state index contributed by atoms with van der Waals surface area (Å²) in [5.41, 5.74) is 3.18. The molecule has 138 valence electrons. The van der Waals surface area contributed by atoms with E-state index >= 15 is 0 Å². The van der Waals surface area contributed by atoms with Gasteiger partial charge in [-0.15, -0.1) is 0 Å². The standard InChI is InChI=1S/C20H23ClN2O3/c1-13-11-14(2)20(16(21)12-13)22-19(25)9-10-23(15(3)24)17-7-5-6-8-18(17)26-4/h5-8,11-12H,9-10H2,1-4H3,(H,22,25). The zero-order valence-electron chi connectivity index (χ0n) is 15.4. The summed E-state index contributed by atoms with van der Waals surface area (Å²) >= 11 is 6.23. The summed E-state index contributed by atoms with van der Waals surface area (Å²) in [5.74, 6) is 0.215. The Balaban J connectivity index is 2.10. The number of amides is 2. The highest BCUT2D eigenvalue weighted by atomic mass is 35.5. The van der Waals surface area contributed by atoms with Gasteiger partial charge in [-0.3, -0.25) is 9.59 Å². The molecule has 0 aromatic heterocycles. The first-order valence-electron chi connectivity index (χ1n) is 8.31. The van der Waals surface area contributed by atoms with Crippen LogP contribution in [0, 0.1) is 13.8 Å². The van der Waals surface area contributed by atoms with Crippen LogP contribution in [0.1, 0.15) is 24.5 Å². The Morgan fingerprint density at radius 1 is 1.19 bits per heavy atom. The van der Waals surface area contributed by atoms with Gasteiger partial charge in [0.2, 0.25) is 11.8 Å². The number of hydrogen-bond acceptors (Lipinski definition) is 3. The molecule has 0 radical (unpaired) electrons. The van der Waals surface area contributed by atoms with Crippen molar-refractivity contribution in [3.8, 4) is 5.75 Å². The molecule has 2 aromatic carbocycles. The minimum Gasteiger partial charge on any atom is -0.495 e. The van der Waals surface area contributed by atoms with Gasteiger partial charge in [-0.05, 0) is 43.2 Å². The predicted molar refractivity (Wildman–Crippen MR) is 105 cm³/mol. The van der Waals surface area contributed by atoms with Crippen LogP contribution in [-0.2, 0) is 9.59 Å². The zero-order chi connectivity index (χ0) is 19.3. The van der Waals surface area contributed by atoms with Crippen LogP contribution < -0.4 is 15.0 Å². The van der Waals surface area contributed by atoms with Crippen LogP contribution in [-0.4, -0.2) is 25.5 Å². The van der Waals surface area contributed by atoms with E-state index in [4.69, 9.17) is 16.3 Å². The van der Waals surface area contributed by atoms with Crippen molar-refractivity contribution in [3.63, 3.8) is 0 Å². The van der Waals surface area contributed by atoms with E-state index in [1.807, 2.05) is 32.0 Å². The van der Waals surface area contributed by atoms with Gasteiger partial charge >= 0.3 is 0 Å². The van der Waals surface area contributed by atoms with Crippen molar-refractivity contribution in [2.45, 2.75) is 27.2 Å². The number of nitrogens with zero attached hydrogens (tertiary/aromatic N) is 1. The predicted octanol–water partition coefficient (Wildman–Crippen LogP) is 4.35. The Morgan fingerprint density at radius 3 is 2.50 bits per heavy atom. The van der Waals surface area contributed by atoms with Crippen LogP contribution >= 0.6 is 11.6 Å². The number of anilines is 2. The lowest BCUT2D eigenvalue weighted by atomic mass is 10.1. The summed E-state index contributed by atoms with van der Waals surface area (Å²) in [7, 11) is 1.55. The fraction of sp³-hybridized carbons (Fsp3) is 0.300. The molecule has 1 N–H and O–H groups in total. The average Bonchev–Trinajstić information content (AvgIpc) is 2.58. The molecule has 0 heterocycles. The van der Waals surface area contributed by atoms with E-state index in [1.165, 1.54) is 11.8 Å². The lowest BCUT2D eigenvalue weighted by Gasteiger charge is -2.23. The molecule has 0 saturated heterocycles. The SMILES string of the molecule is COc1ccccc1N(CCC(=O)Nc1c(C)cc(C)cc1Cl)C(C)=O. The van der Waals surface area contributed by atoms with Crippen molar-refractivity contribution in [2.24, 2.45) is 0 Å². The minimum atomic E-state index is -0.208. The lowest BCUT2D eigenvalue weighted by Crippen LogP contribution is -2.32. The van der Waals surface area contributed by atoms with E-state index in [9.17, 15) is 9.59 Å². The molecule has 0 aliphatic rings. The van der Waals surface area contributed by atoms with Crippen LogP contribution in [0.25, 0.3) is 0 Å². The number of carbonyl (C=O) groups is 2. The van der Waals surface area contributed by atoms with Crippen LogP contribution in [0.2, 0.25) is 5.02 Å². The number of benzene rings is 2. The topological polar surface area (TPSA) is 58.6 Å². The van der Waals surface area contributed by atoms with Gasteiger partial charge < -0.3 is 15.0 Å². The number of methoxy groups -OCH3 is 1. The van der Waals surface area contributed by atoms with Crippen LogP contribution in [0.15, 0.2) is 36.4 Å². The molecule has 2 rings (SSSR count). The number of aryl methyl sites for hydroxylation is 2. The van der Waals surface area contributed by atoms with Gasteiger partial charge in [-0.1, -0.05) is 29.8 Å². The van der Waals surface area contributed by atoms with Gasteiger partial charge in [0, 0.05) is 19.9 Å². The first-order valence-corrected chi connectivity index (χ1v) is 8.69. The summed E-state index contributed by atoms with van der Waals surface area (Å²) in [6.07, 6.45) is 0.140. The number of halogens is 1. The summed E-state index contributed by atoms with van der Waals surface area (Å²) in [6.45, 7) is 5.54. The number of nitrogens with one attached hydrogen (secondary N) is 1. The van der Waals surface area contributed by atoms with Gasteiger partial charge in [0.1, 0.15) is 5.75 Å². The monoisotopic (exact) mass is 374 g/mol. The largest absolute Gasteiger partial charge is 0.495 e. The van der Waals surface area contributed by atoms with E-state index in [0.717, 1.165) is 11.1 Å². The summed E-state index contributed by atoms with van der Waals surface area (Å²) in [6, 6.07) is 11.0. The molecular formula is C20H23ClN2O3. The maximum atomic E-state index is 12.4. The smallest absolute Gasteiger partial charge is 0.226 e. The molecule has 0 fully saturated rings. The Kier molecular flexibility index (Phi) is 6.64. The van der Waals surface area contributed by atoms with Gasteiger partial charge in [0.25, 0.3) is 0 Å². The first kappa shape index (κ1) is 19.8. The van der Waals surface area contributed by atoms with E-state index in [1.54, 1.807) is 25.3 Å². The van der Waals surface area contributed by atoms with E-state index in [-0.39, 0.29) is 24.8 Å². The maximum Gasteiger partial charge on any atom is 0.226 e. The molecule has 0 saturated carbocycles. The molecule has 6 heteroatoms. The van der Waals surface area contributed by atoms with E-state index in [0.29, 0.717) is 22.1 Å². The number of carbonyl (C=O) groups excluding carboxylic acids is 2. The fourth-order valence-corrected chi connectivity index (χ4v) is 3.16. The molecule has 0 aliphatic heterocycles. The molecular weight excluding hydrogens is 352 g/mol. The minimum absolute atomic E-state index is 0.140. The lowest BCUT2D eigenvalue weighted by molar-refractivity contribution is -0.117. The summed E-state index contributed by atoms with van der Waals surface area (Å²) in [5, 5.41) is 3.34. The van der Waals surface area contributed by atoms with Crippen LogP contribution in [0.5, 0.6) is 5.75 Å². The third kappa shape index (κ3) is 4.76. The van der Waals surface area contributed by atoms with Gasteiger partial charge in [0.05, 0.1) is 23.5 Å². The molecule has 5 nitrogen and oxygen atoms in total. The highest BCUT2D eigenvalue weighted by Gasteiger charge is 2.18. The molecule has 0 atom stereocenters. The molecule has 0 spiro atoms. The first-order chi connectivity index (χ1) is 12.3. The number of rotatable bonds is 6. The highest BCUT2D eigenvalue weighted by molar-refractivity contribution is 6.34. The van der Waals surface area contributed by atoms with E-state index in [2.05, 4.69) is 5.32 Å². The second-order valence-corrected chi connectivity index (χ2v) is 6.49. The highest BCUT2D eigenvalue weighted by Crippen LogP contribution is 2.29. The van der Waals surface area contributed by atoms with Crippen molar-refractivity contribution in [2.75, 3.05) is 23.9 Å². The maximum absolute atomic E-state index is 12.4. The molecule has 26 heavy (non-hydrogen) atoms. The third-order valence-electron chi connectivity index (χ3n) is 4.01. The van der Waals surface area contributed by atoms with Gasteiger partial charge in [-0.2, -0.15) is 0 Å². The normalized spacial score (nSPS) is 10.3. The van der Waals surface area contributed by atoms with Crippen molar-refractivity contribution in [3.05, 3.63) is 52.5 Å². The van der Waals surface area contributed by atoms with Crippen molar-refractivity contribution in [1.82, 2.24) is 0 Å². The quantitative estimate of drug-likeness (QED) is 0.817. The Morgan fingerprint density at radius 2 is 1.88 bits per heavy atom. The number of ether oxygens (including phenoxy) is 1. The fourth-order valence-electron chi connectivity index (χ4n) is 2.79.